The normalized spacial score (nSPS) is 17.1. The zero-order chi connectivity index (χ0) is 13.5. The molecule has 2 heterocycles. The van der Waals surface area contributed by atoms with Gasteiger partial charge in [-0.15, -0.1) is 0 Å². The van der Waals surface area contributed by atoms with Gasteiger partial charge in [-0.05, 0) is 32.4 Å². The summed E-state index contributed by atoms with van der Waals surface area (Å²) in [5, 5.41) is 1.10. The van der Waals surface area contributed by atoms with E-state index >= 15 is 0 Å². The molecule has 1 aromatic heterocycles. The molecule has 0 saturated carbocycles. The Kier molecular flexibility index (Phi) is 6.00. The summed E-state index contributed by atoms with van der Waals surface area (Å²) >= 11 is 1.55. The van der Waals surface area contributed by atoms with Gasteiger partial charge in [-0.2, -0.15) is 4.37 Å². The van der Waals surface area contributed by atoms with Crippen molar-refractivity contribution in [2.24, 2.45) is 5.73 Å². The van der Waals surface area contributed by atoms with E-state index < -0.39 is 0 Å². The quantitative estimate of drug-likeness (QED) is 0.766. The van der Waals surface area contributed by atoms with Gasteiger partial charge in [0.05, 0.1) is 0 Å². The largest absolute Gasteiger partial charge is 0.344 e. The zero-order valence-corrected chi connectivity index (χ0v) is 12.7. The molecule has 0 amide bonds. The molecule has 19 heavy (non-hydrogen) atoms. The minimum absolute atomic E-state index is 0.810. The van der Waals surface area contributed by atoms with Gasteiger partial charge in [-0.1, -0.05) is 6.92 Å². The van der Waals surface area contributed by atoms with Crippen molar-refractivity contribution in [3.05, 3.63) is 5.82 Å². The summed E-state index contributed by atoms with van der Waals surface area (Å²) in [5.41, 5.74) is 5.53. The van der Waals surface area contributed by atoms with Crippen molar-refractivity contribution in [1.29, 1.82) is 0 Å². The van der Waals surface area contributed by atoms with Gasteiger partial charge in [-0.3, -0.25) is 4.90 Å². The van der Waals surface area contributed by atoms with Crippen molar-refractivity contribution < 1.29 is 0 Å². The van der Waals surface area contributed by atoms with Crippen LogP contribution < -0.4 is 10.6 Å². The van der Waals surface area contributed by atoms with Crippen LogP contribution >= 0.6 is 11.5 Å². The van der Waals surface area contributed by atoms with Crippen LogP contribution in [0.4, 0.5) is 5.13 Å². The first-order chi connectivity index (χ1) is 9.33. The van der Waals surface area contributed by atoms with Gasteiger partial charge in [0.2, 0.25) is 5.13 Å². The Labute approximate surface area is 120 Å². The molecule has 2 N–H and O–H groups in total. The van der Waals surface area contributed by atoms with Crippen molar-refractivity contribution >= 4 is 16.7 Å². The highest BCUT2D eigenvalue weighted by molar-refractivity contribution is 7.09. The van der Waals surface area contributed by atoms with E-state index in [2.05, 4.69) is 26.1 Å². The predicted molar refractivity (Wildman–Crippen MR) is 80.8 cm³/mol. The number of piperazine rings is 1. The van der Waals surface area contributed by atoms with E-state index in [1.165, 1.54) is 13.0 Å². The summed E-state index contributed by atoms with van der Waals surface area (Å²) in [5.74, 6) is 1.01. The Morgan fingerprint density at radius 1 is 1.21 bits per heavy atom. The van der Waals surface area contributed by atoms with Gasteiger partial charge in [0.25, 0.3) is 0 Å². The maximum absolute atomic E-state index is 5.53. The molecule has 2 rings (SSSR count). The van der Waals surface area contributed by atoms with Crippen LogP contribution in [-0.4, -0.2) is 53.5 Å². The number of unbranched alkanes of at least 4 members (excludes halogenated alkanes) is 1. The highest BCUT2D eigenvalue weighted by Gasteiger charge is 2.19. The topological polar surface area (TPSA) is 58.3 Å². The second-order valence-corrected chi connectivity index (χ2v) is 5.80. The second kappa shape index (κ2) is 7.77. The van der Waals surface area contributed by atoms with Gasteiger partial charge < -0.3 is 10.6 Å². The lowest BCUT2D eigenvalue weighted by Crippen LogP contribution is -2.46. The molecule has 1 saturated heterocycles. The Balaban J connectivity index is 1.75. The van der Waals surface area contributed by atoms with E-state index in [4.69, 9.17) is 5.73 Å². The zero-order valence-electron chi connectivity index (χ0n) is 11.8. The van der Waals surface area contributed by atoms with Crippen LogP contribution in [0.25, 0.3) is 0 Å². The lowest BCUT2D eigenvalue weighted by atomic mass is 10.2. The van der Waals surface area contributed by atoms with E-state index in [-0.39, 0.29) is 0 Å². The van der Waals surface area contributed by atoms with E-state index in [0.717, 1.165) is 62.9 Å². The fourth-order valence-corrected chi connectivity index (χ4v) is 3.10. The number of anilines is 1. The van der Waals surface area contributed by atoms with E-state index in [1.807, 2.05) is 0 Å². The van der Waals surface area contributed by atoms with Gasteiger partial charge in [0.1, 0.15) is 5.82 Å². The Morgan fingerprint density at radius 3 is 2.68 bits per heavy atom. The fourth-order valence-electron chi connectivity index (χ4n) is 2.34. The van der Waals surface area contributed by atoms with Crippen LogP contribution in [0.5, 0.6) is 0 Å². The monoisotopic (exact) mass is 283 g/mol. The minimum atomic E-state index is 0.810. The minimum Gasteiger partial charge on any atom is -0.344 e. The number of hydrogen-bond acceptors (Lipinski definition) is 6. The van der Waals surface area contributed by atoms with Gasteiger partial charge in [0, 0.05) is 44.1 Å². The van der Waals surface area contributed by atoms with Gasteiger partial charge in [0.15, 0.2) is 0 Å². The maximum atomic E-state index is 5.53. The molecule has 108 valence electrons. The fraction of sp³-hybridized carbons (Fsp3) is 0.846. The van der Waals surface area contributed by atoms with Crippen molar-refractivity contribution in [3.8, 4) is 0 Å². The molecule has 0 aliphatic carbocycles. The molecule has 1 aliphatic heterocycles. The maximum Gasteiger partial charge on any atom is 0.205 e. The Morgan fingerprint density at radius 2 is 2.00 bits per heavy atom. The van der Waals surface area contributed by atoms with E-state index in [0.29, 0.717) is 0 Å². The number of hydrogen-bond donors (Lipinski definition) is 1. The van der Waals surface area contributed by atoms with Crippen molar-refractivity contribution in [2.45, 2.75) is 32.6 Å². The number of nitrogens with two attached hydrogens (primary N) is 1. The summed E-state index contributed by atoms with van der Waals surface area (Å²) in [7, 11) is 0. The third kappa shape index (κ3) is 4.40. The molecule has 1 aromatic rings. The first kappa shape index (κ1) is 14.7. The molecular formula is C13H25N5S. The average Bonchev–Trinajstić information content (AvgIpc) is 2.89. The summed E-state index contributed by atoms with van der Waals surface area (Å²) in [6.07, 6.45) is 4.47. The molecule has 0 spiro atoms. The number of nitrogens with zero attached hydrogens (tertiary/aromatic N) is 4. The molecule has 1 fully saturated rings. The summed E-state index contributed by atoms with van der Waals surface area (Å²) < 4.78 is 4.42. The second-order valence-electron chi connectivity index (χ2n) is 5.07. The lowest BCUT2D eigenvalue weighted by molar-refractivity contribution is 0.253. The molecule has 0 atom stereocenters. The highest BCUT2D eigenvalue weighted by atomic mass is 32.1. The number of rotatable bonds is 7. The number of aromatic nitrogens is 2. The van der Waals surface area contributed by atoms with Crippen LogP contribution in [0.1, 0.15) is 32.0 Å². The number of aryl methyl sites for hydroxylation is 1. The summed E-state index contributed by atoms with van der Waals surface area (Å²) in [4.78, 5) is 9.52. The van der Waals surface area contributed by atoms with Gasteiger partial charge in [-0.25, -0.2) is 4.98 Å². The van der Waals surface area contributed by atoms with Crippen LogP contribution in [0.3, 0.4) is 0 Å². The third-order valence-corrected chi connectivity index (χ3v) is 4.32. The van der Waals surface area contributed by atoms with Crippen LogP contribution in [-0.2, 0) is 6.42 Å². The van der Waals surface area contributed by atoms with Gasteiger partial charge >= 0.3 is 0 Å². The first-order valence-electron chi connectivity index (χ1n) is 7.33. The smallest absolute Gasteiger partial charge is 0.205 e. The molecule has 5 nitrogen and oxygen atoms in total. The molecule has 6 heteroatoms. The molecule has 0 unspecified atom stereocenters. The van der Waals surface area contributed by atoms with Crippen molar-refractivity contribution in [3.63, 3.8) is 0 Å². The van der Waals surface area contributed by atoms with Crippen LogP contribution in [0.2, 0.25) is 0 Å². The highest BCUT2D eigenvalue weighted by Crippen LogP contribution is 2.19. The SMILES string of the molecule is CCCc1nsc(N2CCN(CCCCN)CC2)n1. The predicted octanol–water partition coefficient (Wildman–Crippen LogP) is 1.35. The van der Waals surface area contributed by atoms with Crippen molar-refractivity contribution in [1.82, 2.24) is 14.3 Å². The first-order valence-corrected chi connectivity index (χ1v) is 8.10. The molecule has 0 bridgehead atoms. The molecular weight excluding hydrogens is 258 g/mol. The Bertz CT molecular complexity index is 360. The lowest BCUT2D eigenvalue weighted by Gasteiger charge is -2.34. The Hall–Kier alpha value is -0.720. The molecule has 0 aromatic carbocycles. The van der Waals surface area contributed by atoms with Crippen LogP contribution in [0, 0.1) is 0 Å². The molecule has 1 aliphatic rings. The summed E-state index contributed by atoms with van der Waals surface area (Å²) in [6, 6.07) is 0. The standard InChI is InChI=1S/C13H25N5S/c1-2-5-12-15-13(19-16-12)18-10-8-17(9-11-18)7-4-3-6-14/h2-11,14H2,1H3. The average molecular weight is 283 g/mol. The summed E-state index contributed by atoms with van der Waals surface area (Å²) in [6.45, 7) is 8.57. The van der Waals surface area contributed by atoms with E-state index in [9.17, 15) is 0 Å². The third-order valence-electron chi connectivity index (χ3n) is 3.50. The van der Waals surface area contributed by atoms with E-state index in [1.54, 1.807) is 11.5 Å². The molecule has 0 radical (unpaired) electrons. The van der Waals surface area contributed by atoms with Crippen LogP contribution in [0.15, 0.2) is 0 Å². The van der Waals surface area contributed by atoms with Crippen molar-refractivity contribution in [2.75, 3.05) is 44.2 Å².